The van der Waals surface area contributed by atoms with Gasteiger partial charge < -0.3 is 27.8 Å². The van der Waals surface area contributed by atoms with E-state index in [2.05, 4.69) is 20.8 Å². The van der Waals surface area contributed by atoms with Crippen LogP contribution in [0.4, 0.5) is 5.13 Å². The second-order valence-electron chi connectivity index (χ2n) is 8.53. The Kier molecular flexibility index (Phi) is 10.8. The second-order valence-corrected chi connectivity index (χ2v) is 9.59. The van der Waals surface area contributed by atoms with Crippen molar-refractivity contribution in [1.82, 2.24) is 15.5 Å². The summed E-state index contributed by atoms with van der Waals surface area (Å²) in [6.45, 7) is 0.427. The molecule has 0 aliphatic rings. The van der Waals surface area contributed by atoms with Gasteiger partial charge in [-0.05, 0) is 48.1 Å². The largest absolute Gasteiger partial charge is 0.402 e. The van der Waals surface area contributed by atoms with Crippen LogP contribution in [0.15, 0.2) is 78.3 Å². The Morgan fingerprint density at radius 2 is 1.59 bits per heavy atom. The van der Waals surface area contributed by atoms with Gasteiger partial charge in [0.15, 0.2) is 0 Å². The number of carbonyl (C=O) groups is 2. The molecular formula is C27H33N7O2S. The fourth-order valence-corrected chi connectivity index (χ4v) is 4.33. The molecule has 3 aromatic rings. The van der Waals surface area contributed by atoms with Crippen LogP contribution < -0.4 is 27.8 Å². The molecule has 0 aliphatic carbocycles. The Bertz CT molecular complexity index is 1240. The van der Waals surface area contributed by atoms with E-state index in [1.807, 2.05) is 54.6 Å². The van der Waals surface area contributed by atoms with Crippen LogP contribution in [-0.2, 0) is 35.4 Å². The van der Waals surface area contributed by atoms with Gasteiger partial charge in [0.2, 0.25) is 16.9 Å². The van der Waals surface area contributed by atoms with E-state index in [0.29, 0.717) is 30.2 Å². The number of hydrogen-bond acceptors (Lipinski definition) is 8. The zero-order chi connectivity index (χ0) is 26.5. The van der Waals surface area contributed by atoms with Crippen molar-refractivity contribution in [2.75, 3.05) is 5.32 Å². The Labute approximate surface area is 220 Å². The standard InChI is InChI=1S/C27H33N7O2S/c28-18-21-10-6-9-20(15-21)17-24(35)31-23(30)14-13-22(29)11-4-5-12-26-33-34-27(37-26)32-25(36)16-19-7-2-1-3-8-19/h1-3,6-10,13-15H,4-5,11-12,16-18,28-30H2,(H,31,35)(H,32,34,36)/b22-13-,23-14+. The van der Waals surface area contributed by atoms with Gasteiger partial charge in [-0.1, -0.05) is 65.9 Å². The van der Waals surface area contributed by atoms with Crippen molar-refractivity contribution in [3.8, 4) is 0 Å². The first-order chi connectivity index (χ1) is 17.9. The maximum atomic E-state index is 12.2. The molecule has 0 unspecified atom stereocenters. The lowest BCUT2D eigenvalue weighted by atomic mass is 10.1. The molecule has 2 amide bonds. The van der Waals surface area contributed by atoms with Crippen LogP contribution in [0.3, 0.4) is 0 Å². The number of rotatable bonds is 13. The van der Waals surface area contributed by atoms with Gasteiger partial charge in [0.05, 0.1) is 12.8 Å². The number of nitrogens with zero attached hydrogens (tertiary/aromatic N) is 2. The van der Waals surface area contributed by atoms with Crippen molar-refractivity contribution in [3.63, 3.8) is 0 Å². The van der Waals surface area contributed by atoms with E-state index >= 15 is 0 Å². The van der Waals surface area contributed by atoms with Gasteiger partial charge in [-0.3, -0.25) is 9.59 Å². The van der Waals surface area contributed by atoms with Gasteiger partial charge in [-0.15, -0.1) is 10.2 Å². The fourth-order valence-electron chi connectivity index (χ4n) is 3.53. The number of nitrogens with two attached hydrogens (primary N) is 3. The molecule has 0 aliphatic heterocycles. The molecule has 8 N–H and O–H groups in total. The summed E-state index contributed by atoms with van der Waals surface area (Å²) in [5.41, 5.74) is 21.1. The molecule has 194 valence electrons. The highest BCUT2D eigenvalue weighted by Crippen LogP contribution is 2.18. The summed E-state index contributed by atoms with van der Waals surface area (Å²) in [5, 5.41) is 15.0. The summed E-state index contributed by atoms with van der Waals surface area (Å²) in [5.74, 6) is -0.0858. The number of amides is 2. The SMILES string of the molecule is NCc1cccc(CC(=O)N/C(N)=C/C=C(\N)CCCCc2nnc(NC(=O)Cc3ccccc3)s2)c1. The lowest BCUT2D eigenvalue weighted by Crippen LogP contribution is -2.28. The van der Waals surface area contributed by atoms with Crippen LogP contribution in [-0.4, -0.2) is 22.0 Å². The van der Waals surface area contributed by atoms with Crippen molar-refractivity contribution in [2.45, 2.75) is 45.1 Å². The Hall–Kier alpha value is -4.02. The lowest BCUT2D eigenvalue weighted by Gasteiger charge is -2.06. The Balaban J connectivity index is 1.34. The molecule has 10 heteroatoms. The third kappa shape index (κ3) is 10.2. The van der Waals surface area contributed by atoms with Gasteiger partial charge in [0, 0.05) is 18.7 Å². The van der Waals surface area contributed by atoms with E-state index < -0.39 is 0 Å². The number of aromatic nitrogens is 2. The van der Waals surface area contributed by atoms with E-state index in [1.54, 1.807) is 12.2 Å². The molecule has 3 rings (SSSR count). The summed E-state index contributed by atoms with van der Waals surface area (Å²) in [7, 11) is 0. The summed E-state index contributed by atoms with van der Waals surface area (Å²) >= 11 is 1.38. The Morgan fingerprint density at radius 3 is 2.38 bits per heavy atom. The maximum Gasteiger partial charge on any atom is 0.230 e. The molecule has 1 heterocycles. The van der Waals surface area contributed by atoms with E-state index in [9.17, 15) is 9.59 Å². The van der Waals surface area contributed by atoms with Gasteiger partial charge in [-0.2, -0.15) is 0 Å². The number of carbonyl (C=O) groups excluding carboxylic acids is 2. The number of anilines is 1. The van der Waals surface area contributed by atoms with Crippen molar-refractivity contribution in [1.29, 1.82) is 0 Å². The van der Waals surface area contributed by atoms with E-state index in [1.165, 1.54) is 11.3 Å². The maximum absolute atomic E-state index is 12.2. The molecule has 0 fully saturated rings. The first kappa shape index (κ1) is 27.6. The predicted octanol–water partition coefficient (Wildman–Crippen LogP) is 2.89. The normalized spacial score (nSPS) is 11.8. The molecule has 0 saturated heterocycles. The number of nitrogens with one attached hydrogen (secondary N) is 2. The molecule has 0 spiro atoms. The summed E-state index contributed by atoms with van der Waals surface area (Å²) < 4.78 is 0. The van der Waals surface area contributed by atoms with Crippen LogP contribution in [0.5, 0.6) is 0 Å². The summed E-state index contributed by atoms with van der Waals surface area (Å²) in [6.07, 6.45) is 6.98. The van der Waals surface area contributed by atoms with Crippen LogP contribution in [0.2, 0.25) is 0 Å². The minimum atomic E-state index is -0.206. The van der Waals surface area contributed by atoms with E-state index in [0.717, 1.165) is 41.0 Å². The Morgan fingerprint density at radius 1 is 0.865 bits per heavy atom. The number of hydrogen-bond donors (Lipinski definition) is 5. The minimum absolute atomic E-state index is 0.115. The van der Waals surface area contributed by atoms with Gasteiger partial charge in [-0.25, -0.2) is 0 Å². The molecule has 0 saturated carbocycles. The molecule has 37 heavy (non-hydrogen) atoms. The zero-order valence-corrected chi connectivity index (χ0v) is 21.5. The third-order valence-electron chi connectivity index (χ3n) is 5.38. The molecule has 0 bridgehead atoms. The number of benzene rings is 2. The predicted molar refractivity (Wildman–Crippen MR) is 147 cm³/mol. The first-order valence-electron chi connectivity index (χ1n) is 12.1. The van der Waals surface area contributed by atoms with Crippen LogP contribution in [0, 0.1) is 0 Å². The highest BCUT2D eigenvalue weighted by atomic mass is 32.1. The van der Waals surface area contributed by atoms with Gasteiger partial charge in [0.25, 0.3) is 0 Å². The highest BCUT2D eigenvalue weighted by molar-refractivity contribution is 7.15. The zero-order valence-electron chi connectivity index (χ0n) is 20.7. The average molecular weight is 520 g/mol. The molecule has 0 radical (unpaired) electrons. The highest BCUT2D eigenvalue weighted by Gasteiger charge is 2.09. The number of aryl methyl sites for hydroxylation is 1. The van der Waals surface area contributed by atoms with E-state index in [-0.39, 0.29) is 24.1 Å². The van der Waals surface area contributed by atoms with Crippen molar-refractivity contribution >= 4 is 28.3 Å². The van der Waals surface area contributed by atoms with Crippen molar-refractivity contribution in [3.05, 3.63) is 100.0 Å². The van der Waals surface area contributed by atoms with E-state index in [4.69, 9.17) is 17.2 Å². The minimum Gasteiger partial charge on any atom is -0.402 e. The topological polar surface area (TPSA) is 162 Å². The molecule has 9 nitrogen and oxygen atoms in total. The van der Waals surface area contributed by atoms with Crippen LogP contribution in [0.25, 0.3) is 0 Å². The lowest BCUT2D eigenvalue weighted by molar-refractivity contribution is -0.119. The van der Waals surface area contributed by atoms with Gasteiger partial charge in [0.1, 0.15) is 10.8 Å². The number of unbranched alkanes of at least 4 members (excludes halogenated alkanes) is 1. The van der Waals surface area contributed by atoms with Crippen molar-refractivity contribution in [2.24, 2.45) is 17.2 Å². The monoisotopic (exact) mass is 519 g/mol. The van der Waals surface area contributed by atoms with Gasteiger partial charge >= 0.3 is 0 Å². The summed E-state index contributed by atoms with van der Waals surface area (Å²) in [6, 6.07) is 17.1. The molecule has 1 aromatic heterocycles. The molecular weight excluding hydrogens is 486 g/mol. The number of allylic oxidation sites excluding steroid dienone is 3. The first-order valence-corrected chi connectivity index (χ1v) is 12.9. The second kappa shape index (κ2) is 14.5. The third-order valence-corrected chi connectivity index (χ3v) is 6.28. The average Bonchev–Trinajstić information content (AvgIpc) is 3.32. The quantitative estimate of drug-likeness (QED) is 0.171. The smallest absolute Gasteiger partial charge is 0.230 e. The van der Waals surface area contributed by atoms with Crippen LogP contribution >= 0.6 is 11.3 Å². The fraction of sp³-hybridized carbons (Fsp3) is 0.259. The van der Waals surface area contributed by atoms with Crippen molar-refractivity contribution < 1.29 is 9.59 Å². The molecule has 2 aromatic carbocycles. The molecule has 0 atom stereocenters. The van der Waals surface area contributed by atoms with Crippen LogP contribution in [0.1, 0.15) is 41.0 Å². The summed E-state index contributed by atoms with van der Waals surface area (Å²) in [4.78, 5) is 24.4.